The van der Waals surface area contributed by atoms with Gasteiger partial charge in [0.2, 0.25) is 0 Å². The maximum Gasteiger partial charge on any atom is 0.325 e. The highest BCUT2D eigenvalue weighted by molar-refractivity contribution is 5.76. The summed E-state index contributed by atoms with van der Waals surface area (Å²) in [6.45, 7) is 1.33. The first kappa shape index (κ1) is 14.9. The van der Waals surface area contributed by atoms with Gasteiger partial charge in [0.25, 0.3) is 0 Å². The molecule has 1 atom stereocenters. The lowest BCUT2D eigenvalue weighted by atomic mass is 10.3. The molecule has 0 radical (unpaired) electrons. The number of anilines is 1. The third-order valence-corrected chi connectivity index (χ3v) is 1.70. The Labute approximate surface area is 99.1 Å². The Morgan fingerprint density at radius 1 is 1.29 bits per heavy atom. The van der Waals surface area contributed by atoms with E-state index in [0.29, 0.717) is 0 Å². The number of benzene rings is 1. The number of nitrogens with two attached hydrogens (primary N) is 1. The van der Waals surface area contributed by atoms with Gasteiger partial charge in [-0.25, -0.2) is 0 Å². The number of aliphatic carboxylic acids is 2. The largest absolute Gasteiger partial charge is 0.480 e. The molecule has 0 aliphatic rings. The van der Waals surface area contributed by atoms with Gasteiger partial charge in [0.15, 0.2) is 0 Å². The number of hydrogen-bond acceptors (Lipinski definition) is 4. The molecule has 0 fully saturated rings. The molecule has 0 saturated heterocycles. The lowest BCUT2D eigenvalue weighted by Gasteiger charge is -2.09. The van der Waals surface area contributed by atoms with Gasteiger partial charge >= 0.3 is 11.9 Å². The first-order valence-electron chi connectivity index (χ1n) is 4.93. The number of carboxylic acid groups (broad SMARTS) is 2. The molecular formula is C11H16N2O4. The Morgan fingerprint density at radius 3 is 2.12 bits per heavy atom. The second-order valence-electron chi connectivity index (χ2n) is 3.17. The Balaban J connectivity index is 0.000000437. The van der Waals surface area contributed by atoms with E-state index in [1.165, 1.54) is 0 Å². The van der Waals surface area contributed by atoms with Crippen LogP contribution in [-0.4, -0.2) is 34.7 Å². The quantitative estimate of drug-likeness (QED) is 0.613. The molecule has 1 rings (SSSR count). The van der Waals surface area contributed by atoms with Crippen LogP contribution in [0.1, 0.15) is 6.92 Å². The van der Waals surface area contributed by atoms with Crippen LogP contribution in [0.3, 0.4) is 0 Å². The van der Waals surface area contributed by atoms with Crippen LogP contribution in [0, 0.1) is 0 Å². The summed E-state index contributed by atoms with van der Waals surface area (Å²) in [5, 5.41) is 19.0. The van der Waals surface area contributed by atoms with Crippen LogP contribution in [0.5, 0.6) is 0 Å². The van der Waals surface area contributed by atoms with Crippen LogP contribution in [0.2, 0.25) is 0 Å². The van der Waals surface area contributed by atoms with E-state index in [-0.39, 0.29) is 6.54 Å². The zero-order valence-electron chi connectivity index (χ0n) is 9.46. The Hall–Kier alpha value is -2.08. The van der Waals surface area contributed by atoms with Crippen molar-refractivity contribution in [3.63, 3.8) is 0 Å². The van der Waals surface area contributed by atoms with E-state index in [4.69, 9.17) is 10.2 Å². The highest BCUT2D eigenvalue weighted by atomic mass is 16.4. The van der Waals surface area contributed by atoms with Crippen LogP contribution in [0.25, 0.3) is 0 Å². The molecule has 6 heteroatoms. The average molecular weight is 240 g/mol. The molecule has 0 amide bonds. The number of carboxylic acids is 2. The molecule has 0 aliphatic carbocycles. The van der Waals surface area contributed by atoms with Crippen molar-refractivity contribution in [2.24, 2.45) is 5.73 Å². The van der Waals surface area contributed by atoms with E-state index in [1.807, 2.05) is 30.3 Å². The van der Waals surface area contributed by atoms with Crippen LogP contribution in [0.15, 0.2) is 30.3 Å². The summed E-state index contributed by atoms with van der Waals surface area (Å²) in [7, 11) is 0. The Morgan fingerprint density at radius 2 is 1.76 bits per heavy atom. The van der Waals surface area contributed by atoms with E-state index in [1.54, 1.807) is 6.92 Å². The predicted octanol–water partition coefficient (Wildman–Crippen LogP) is 0.601. The summed E-state index contributed by atoms with van der Waals surface area (Å²) in [4.78, 5) is 19.7. The van der Waals surface area contributed by atoms with Crippen molar-refractivity contribution in [1.82, 2.24) is 0 Å². The highest BCUT2D eigenvalue weighted by Crippen LogP contribution is 2.06. The lowest BCUT2D eigenvalue weighted by molar-refractivity contribution is -0.137. The van der Waals surface area contributed by atoms with Crippen molar-refractivity contribution in [2.75, 3.05) is 11.9 Å². The second-order valence-corrected chi connectivity index (χ2v) is 3.17. The summed E-state index contributed by atoms with van der Waals surface area (Å²) in [6, 6.07) is 8.72. The standard InChI is InChI=1S/C9H11NO2.C2H5NO2/c1-7(9(11)12)10-8-5-3-2-4-6-8;3-1-2(4)5/h2-7,10H,1H3,(H,11,12);1,3H2,(H,4,5)/t7-;/m0./s1. The molecule has 1 aromatic carbocycles. The fourth-order valence-electron chi connectivity index (χ4n) is 0.846. The van der Waals surface area contributed by atoms with Gasteiger partial charge in [-0.05, 0) is 19.1 Å². The normalized spacial score (nSPS) is 10.7. The van der Waals surface area contributed by atoms with Crippen LogP contribution in [-0.2, 0) is 9.59 Å². The highest BCUT2D eigenvalue weighted by Gasteiger charge is 2.08. The molecule has 6 nitrogen and oxygen atoms in total. The van der Waals surface area contributed by atoms with Crippen molar-refractivity contribution >= 4 is 17.6 Å². The van der Waals surface area contributed by atoms with E-state index in [2.05, 4.69) is 11.1 Å². The van der Waals surface area contributed by atoms with E-state index in [0.717, 1.165) is 5.69 Å². The van der Waals surface area contributed by atoms with Gasteiger partial charge < -0.3 is 21.3 Å². The van der Waals surface area contributed by atoms with Crippen molar-refractivity contribution in [3.8, 4) is 0 Å². The van der Waals surface area contributed by atoms with Crippen LogP contribution in [0.4, 0.5) is 5.69 Å². The number of carbonyl (C=O) groups is 2. The summed E-state index contributed by atoms with van der Waals surface area (Å²) in [5.41, 5.74) is 5.40. The van der Waals surface area contributed by atoms with Gasteiger partial charge in [0, 0.05) is 5.69 Å². The maximum absolute atomic E-state index is 10.4. The van der Waals surface area contributed by atoms with Gasteiger partial charge in [-0.15, -0.1) is 0 Å². The zero-order chi connectivity index (χ0) is 13.3. The Bertz CT molecular complexity index is 354. The monoisotopic (exact) mass is 240 g/mol. The lowest BCUT2D eigenvalue weighted by Crippen LogP contribution is -2.25. The summed E-state index contributed by atoms with van der Waals surface area (Å²) < 4.78 is 0. The topological polar surface area (TPSA) is 113 Å². The summed E-state index contributed by atoms with van der Waals surface area (Å²) >= 11 is 0. The van der Waals surface area contributed by atoms with E-state index >= 15 is 0 Å². The van der Waals surface area contributed by atoms with Gasteiger partial charge in [0.05, 0.1) is 6.54 Å². The van der Waals surface area contributed by atoms with Crippen molar-refractivity contribution in [1.29, 1.82) is 0 Å². The molecular weight excluding hydrogens is 224 g/mol. The number of rotatable bonds is 4. The minimum Gasteiger partial charge on any atom is -0.480 e. The molecule has 0 bridgehead atoms. The summed E-state index contributed by atoms with van der Waals surface area (Å²) in [6.07, 6.45) is 0. The minimum atomic E-state index is -0.968. The van der Waals surface area contributed by atoms with Gasteiger partial charge in [-0.2, -0.15) is 0 Å². The molecule has 0 spiro atoms. The van der Waals surface area contributed by atoms with Crippen LogP contribution < -0.4 is 11.1 Å². The van der Waals surface area contributed by atoms with Gasteiger partial charge in [-0.3, -0.25) is 9.59 Å². The first-order chi connectivity index (χ1) is 7.97. The molecule has 17 heavy (non-hydrogen) atoms. The molecule has 0 saturated carbocycles. The number of hydrogen-bond donors (Lipinski definition) is 4. The van der Waals surface area contributed by atoms with Crippen molar-refractivity contribution in [3.05, 3.63) is 30.3 Å². The molecule has 0 aromatic heterocycles. The molecule has 1 aromatic rings. The smallest absolute Gasteiger partial charge is 0.325 e. The van der Waals surface area contributed by atoms with E-state index in [9.17, 15) is 9.59 Å². The second kappa shape index (κ2) is 8.12. The SMILES string of the molecule is C[C@H](Nc1ccccc1)C(=O)O.NCC(=O)O. The fraction of sp³-hybridized carbons (Fsp3) is 0.273. The molecule has 0 heterocycles. The number of para-hydroxylation sites is 1. The third kappa shape index (κ3) is 7.80. The van der Waals surface area contributed by atoms with Gasteiger partial charge in [-0.1, -0.05) is 18.2 Å². The number of nitrogens with one attached hydrogen (secondary N) is 1. The molecule has 0 unspecified atom stereocenters. The maximum atomic E-state index is 10.4. The average Bonchev–Trinajstić information content (AvgIpc) is 2.31. The van der Waals surface area contributed by atoms with Gasteiger partial charge in [0.1, 0.15) is 6.04 Å². The molecule has 94 valence electrons. The van der Waals surface area contributed by atoms with Crippen molar-refractivity contribution in [2.45, 2.75) is 13.0 Å². The fourth-order valence-corrected chi connectivity index (χ4v) is 0.846. The van der Waals surface area contributed by atoms with E-state index < -0.39 is 18.0 Å². The predicted molar refractivity (Wildman–Crippen MR) is 63.9 cm³/mol. The minimum absolute atomic E-state index is 0.278. The molecule has 5 N–H and O–H groups in total. The zero-order valence-corrected chi connectivity index (χ0v) is 9.46. The first-order valence-corrected chi connectivity index (χ1v) is 4.93. The molecule has 0 aliphatic heterocycles. The third-order valence-electron chi connectivity index (χ3n) is 1.70. The van der Waals surface area contributed by atoms with Crippen LogP contribution >= 0.6 is 0 Å². The summed E-state index contributed by atoms with van der Waals surface area (Å²) in [5.74, 6) is -1.82. The van der Waals surface area contributed by atoms with Crippen molar-refractivity contribution < 1.29 is 19.8 Å². The Kier molecular flexibility index (Phi) is 7.12.